The van der Waals surface area contributed by atoms with Crippen molar-refractivity contribution in [1.82, 2.24) is 19.6 Å². The molecule has 1 saturated heterocycles. The number of nitrogens with one attached hydrogen (secondary N) is 1. The minimum Gasteiger partial charge on any atom is -0.317 e. The number of pyridine rings is 1. The van der Waals surface area contributed by atoms with Crippen LogP contribution in [-0.2, 0) is 6.54 Å². The molecule has 1 N–H and O–H groups in total. The molecule has 1 aliphatic rings. The zero-order valence-corrected chi connectivity index (χ0v) is 13.2. The van der Waals surface area contributed by atoms with Crippen LogP contribution in [0.2, 0.25) is 0 Å². The van der Waals surface area contributed by atoms with Crippen molar-refractivity contribution in [1.29, 1.82) is 0 Å². The highest BCUT2D eigenvalue weighted by Gasteiger charge is 2.17. The lowest BCUT2D eigenvalue weighted by molar-refractivity contribution is 0.205. The standard InChI is InChI=1S/C17H26N4/c1-3-20(11-15-6-8-18-9-7-15)12-16-13-21-10-4-5-14(2)17(21)19-16/h4-5,10,13,15,18H,3,6-9,11-12H2,1-2H3. The monoisotopic (exact) mass is 286 g/mol. The number of imidazole rings is 1. The Morgan fingerprint density at radius 1 is 1.38 bits per heavy atom. The van der Waals surface area contributed by atoms with Crippen LogP contribution >= 0.6 is 0 Å². The summed E-state index contributed by atoms with van der Waals surface area (Å²) in [4.78, 5) is 7.34. The first kappa shape index (κ1) is 14.5. The van der Waals surface area contributed by atoms with Gasteiger partial charge in [0.1, 0.15) is 5.65 Å². The van der Waals surface area contributed by atoms with E-state index in [2.05, 4.69) is 53.0 Å². The van der Waals surface area contributed by atoms with Gasteiger partial charge in [-0.1, -0.05) is 13.0 Å². The Kier molecular flexibility index (Phi) is 4.56. The summed E-state index contributed by atoms with van der Waals surface area (Å²) < 4.78 is 2.14. The average molecular weight is 286 g/mol. The fraction of sp³-hybridized carbons (Fsp3) is 0.588. The Morgan fingerprint density at radius 3 is 2.90 bits per heavy atom. The van der Waals surface area contributed by atoms with Crippen molar-refractivity contribution in [2.75, 3.05) is 26.2 Å². The average Bonchev–Trinajstić information content (AvgIpc) is 2.92. The third-order valence-electron chi connectivity index (χ3n) is 4.54. The number of aryl methyl sites for hydroxylation is 1. The molecule has 0 atom stereocenters. The molecule has 2 aromatic heterocycles. The van der Waals surface area contributed by atoms with E-state index in [4.69, 9.17) is 4.98 Å². The summed E-state index contributed by atoms with van der Waals surface area (Å²) in [6.45, 7) is 9.98. The molecule has 21 heavy (non-hydrogen) atoms. The molecule has 1 fully saturated rings. The van der Waals surface area contributed by atoms with E-state index in [1.807, 2.05) is 0 Å². The van der Waals surface area contributed by atoms with Crippen molar-refractivity contribution in [3.05, 3.63) is 35.8 Å². The van der Waals surface area contributed by atoms with Gasteiger partial charge in [0, 0.05) is 25.5 Å². The topological polar surface area (TPSA) is 32.6 Å². The molecule has 2 aromatic rings. The number of fused-ring (bicyclic) bond motifs is 1. The van der Waals surface area contributed by atoms with Gasteiger partial charge in [0.25, 0.3) is 0 Å². The van der Waals surface area contributed by atoms with Crippen molar-refractivity contribution >= 4 is 5.65 Å². The van der Waals surface area contributed by atoms with Crippen molar-refractivity contribution in [2.24, 2.45) is 5.92 Å². The van der Waals surface area contributed by atoms with Crippen molar-refractivity contribution < 1.29 is 0 Å². The second kappa shape index (κ2) is 6.58. The molecule has 0 saturated carbocycles. The zero-order valence-electron chi connectivity index (χ0n) is 13.2. The molecule has 1 aliphatic heterocycles. The maximum Gasteiger partial charge on any atom is 0.139 e. The summed E-state index contributed by atoms with van der Waals surface area (Å²) in [6.07, 6.45) is 6.87. The number of piperidine rings is 1. The van der Waals surface area contributed by atoms with E-state index in [1.54, 1.807) is 0 Å². The molecule has 0 unspecified atom stereocenters. The molecule has 4 nitrogen and oxygen atoms in total. The SMILES string of the molecule is CCN(Cc1cn2cccc(C)c2n1)CC1CCNCC1. The summed E-state index contributed by atoms with van der Waals surface area (Å²) in [7, 11) is 0. The van der Waals surface area contributed by atoms with Crippen LogP contribution < -0.4 is 5.32 Å². The van der Waals surface area contributed by atoms with E-state index in [9.17, 15) is 0 Å². The van der Waals surface area contributed by atoms with Crippen molar-refractivity contribution in [3.63, 3.8) is 0 Å². The molecule has 4 heteroatoms. The van der Waals surface area contributed by atoms with Gasteiger partial charge < -0.3 is 9.72 Å². The van der Waals surface area contributed by atoms with Gasteiger partial charge in [0.15, 0.2) is 0 Å². The maximum absolute atomic E-state index is 4.80. The van der Waals surface area contributed by atoms with Gasteiger partial charge in [-0.05, 0) is 56.9 Å². The normalized spacial score (nSPS) is 16.9. The van der Waals surface area contributed by atoms with Crippen molar-refractivity contribution in [2.45, 2.75) is 33.2 Å². The van der Waals surface area contributed by atoms with Crippen molar-refractivity contribution in [3.8, 4) is 0 Å². The van der Waals surface area contributed by atoms with E-state index in [1.165, 1.54) is 43.7 Å². The van der Waals surface area contributed by atoms with Crippen LogP contribution in [0.25, 0.3) is 5.65 Å². The molecule has 0 aromatic carbocycles. The van der Waals surface area contributed by atoms with Crippen LogP contribution in [-0.4, -0.2) is 40.5 Å². The predicted molar refractivity (Wildman–Crippen MR) is 86.5 cm³/mol. The molecular weight excluding hydrogens is 260 g/mol. The molecular formula is C17H26N4. The van der Waals surface area contributed by atoms with Gasteiger partial charge in [-0.15, -0.1) is 0 Å². The molecule has 0 aliphatic carbocycles. The number of aromatic nitrogens is 2. The molecule has 3 heterocycles. The summed E-state index contributed by atoms with van der Waals surface area (Å²) >= 11 is 0. The lowest BCUT2D eigenvalue weighted by Gasteiger charge is -2.28. The second-order valence-electron chi connectivity index (χ2n) is 6.18. The van der Waals surface area contributed by atoms with E-state index in [-0.39, 0.29) is 0 Å². The summed E-state index contributed by atoms with van der Waals surface area (Å²) in [5.74, 6) is 0.838. The van der Waals surface area contributed by atoms with Gasteiger partial charge in [-0.25, -0.2) is 4.98 Å². The minimum atomic E-state index is 0.838. The van der Waals surface area contributed by atoms with Crippen LogP contribution in [0.5, 0.6) is 0 Å². The van der Waals surface area contributed by atoms with Gasteiger partial charge in [0.2, 0.25) is 0 Å². The number of rotatable bonds is 5. The first-order valence-corrected chi connectivity index (χ1v) is 8.12. The second-order valence-corrected chi connectivity index (χ2v) is 6.18. The molecule has 0 radical (unpaired) electrons. The minimum absolute atomic E-state index is 0.838. The van der Waals surface area contributed by atoms with Gasteiger partial charge >= 0.3 is 0 Å². The Labute approximate surface area is 127 Å². The number of nitrogens with zero attached hydrogens (tertiary/aromatic N) is 3. The first-order valence-electron chi connectivity index (χ1n) is 8.12. The smallest absolute Gasteiger partial charge is 0.139 e. The first-order chi connectivity index (χ1) is 10.3. The van der Waals surface area contributed by atoms with E-state index >= 15 is 0 Å². The van der Waals surface area contributed by atoms with Gasteiger partial charge in [-0.3, -0.25) is 4.90 Å². The van der Waals surface area contributed by atoms with Gasteiger partial charge in [0.05, 0.1) is 5.69 Å². The summed E-state index contributed by atoms with van der Waals surface area (Å²) in [5, 5.41) is 3.45. The fourth-order valence-corrected chi connectivity index (χ4v) is 3.24. The molecule has 114 valence electrons. The highest BCUT2D eigenvalue weighted by atomic mass is 15.1. The molecule has 0 amide bonds. The quantitative estimate of drug-likeness (QED) is 0.916. The zero-order chi connectivity index (χ0) is 14.7. The lowest BCUT2D eigenvalue weighted by Crippen LogP contribution is -2.36. The lowest BCUT2D eigenvalue weighted by atomic mass is 9.97. The predicted octanol–water partition coefficient (Wildman–Crippen LogP) is 2.46. The molecule has 0 bridgehead atoms. The Bertz CT molecular complexity index is 583. The van der Waals surface area contributed by atoms with E-state index in [0.717, 1.165) is 24.7 Å². The van der Waals surface area contributed by atoms with Crippen LogP contribution in [0.1, 0.15) is 31.0 Å². The summed E-state index contributed by atoms with van der Waals surface area (Å²) in [5.41, 5.74) is 3.51. The Hall–Kier alpha value is -1.39. The van der Waals surface area contributed by atoms with Crippen LogP contribution in [0.3, 0.4) is 0 Å². The number of hydrogen-bond donors (Lipinski definition) is 1. The number of hydrogen-bond acceptors (Lipinski definition) is 3. The summed E-state index contributed by atoms with van der Waals surface area (Å²) in [6, 6.07) is 4.21. The molecule has 0 spiro atoms. The third-order valence-corrected chi connectivity index (χ3v) is 4.54. The van der Waals surface area contributed by atoms with E-state index < -0.39 is 0 Å². The Morgan fingerprint density at radius 2 is 2.19 bits per heavy atom. The van der Waals surface area contributed by atoms with Crippen LogP contribution in [0, 0.1) is 12.8 Å². The largest absolute Gasteiger partial charge is 0.317 e. The highest BCUT2D eigenvalue weighted by molar-refractivity contribution is 5.47. The van der Waals surface area contributed by atoms with Crippen LogP contribution in [0.15, 0.2) is 24.5 Å². The van der Waals surface area contributed by atoms with Gasteiger partial charge in [-0.2, -0.15) is 0 Å². The highest BCUT2D eigenvalue weighted by Crippen LogP contribution is 2.16. The maximum atomic E-state index is 4.80. The third kappa shape index (κ3) is 3.44. The molecule has 3 rings (SSSR count). The fourth-order valence-electron chi connectivity index (χ4n) is 3.24. The van der Waals surface area contributed by atoms with Crippen LogP contribution in [0.4, 0.5) is 0 Å². The Balaban J connectivity index is 1.68. The van der Waals surface area contributed by atoms with E-state index in [0.29, 0.717) is 0 Å².